The lowest BCUT2D eigenvalue weighted by atomic mass is 9.58. The fourth-order valence-electron chi connectivity index (χ4n) is 5.99. The van der Waals surface area contributed by atoms with Crippen molar-refractivity contribution >= 4 is 35.2 Å². The molecular weight excluding hydrogens is 552 g/mol. The first kappa shape index (κ1) is 30.5. The number of aliphatic hydroxyl groups is 3. The lowest BCUT2D eigenvalue weighted by molar-refractivity contribution is -0.148. The van der Waals surface area contributed by atoms with Crippen molar-refractivity contribution in [3.8, 4) is 5.75 Å². The second kappa shape index (κ2) is 10.4. The van der Waals surface area contributed by atoms with E-state index < -0.39 is 87.9 Å². The number of fused-ring (bicyclic) bond motifs is 3. The number of alkyl carbamates (subject to hydrolysis) is 1. The highest BCUT2D eigenvalue weighted by Crippen LogP contribution is 2.52. The van der Waals surface area contributed by atoms with Crippen LogP contribution in [0.1, 0.15) is 43.1 Å². The maximum atomic E-state index is 13.7. The van der Waals surface area contributed by atoms with Gasteiger partial charge in [0.25, 0.3) is 5.91 Å². The van der Waals surface area contributed by atoms with Crippen molar-refractivity contribution < 1.29 is 49.1 Å². The van der Waals surface area contributed by atoms with Gasteiger partial charge in [-0.1, -0.05) is 6.07 Å². The third-order valence-electron chi connectivity index (χ3n) is 7.66. The van der Waals surface area contributed by atoms with Gasteiger partial charge in [-0.3, -0.25) is 24.1 Å². The van der Waals surface area contributed by atoms with E-state index in [-0.39, 0.29) is 29.7 Å². The average Bonchev–Trinajstić information content (AvgIpc) is 2.85. The molecule has 0 saturated carbocycles. The standard InChI is InChI=1S/C28H34N4O10/c1-27(2,3)42-26(40)30-10-15(33)31-14-7-6-11-8-12-9-13-19(32(4)5)22(36)18(25(29)39)24(38)28(13,41)23(37)17(12)21(35)16(11)20(14)34/h6-7,12-13,19,34,36-37,41H,8-10H2,1-5H3,(H2,29,39)(H,30,40)(H,31,33). The fraction of sp³-hybridized carbons (Fsp3) is 0.464. The molecular formula is C28H34N4O10. The highest BCUT2D eigenvalue weighted by atomic mass is 16.6. The molecule has 4 atom stereocenters. The quantitative estimate of drug-likeness (QED) is 0.186. The number of carbonyl (C=O) groups excluding carboxylic acids is 5. The van der Waals surface area contributed by atoms with E-state index in [4.69, 9.17) is 10.5 Å². The number of aliphatic hydroxyl groups excluding tert-OH is 2. The Morgan fingerprint density at radius 2 is 1.79 bits per heavy atom. The van der Waals surface area contributed by atoms with Crippen molar-refractivity contribution in [3.05, 3.63) is 45.9 Å². The Labute approximate surface area is 240 Å². The molecule has 226 valence electrons. The maximum absolute atomic E-state index is 13.7. The number of allylic oxidation sites excluding steroid dienone is 1. The van der Waals surface area contributed by atoms with Crippen molar-refractivity contribution in [3.63, 3.8) is 0 Å². The molecule has 0 spiro atoms. The summed E-state index contributed by atoms with van der Waals surface area (Å²) in [4.78, 5) is 64.9. The minimum absolute atomic E-state index is 0.0403. The number of aromatic hydroxyl groups is 1. The van der Waals surface area contributed by atoms with Gasteiger partial charge >= 0.3 is 6.09 Å². The topological polar surface area (TPSA) is 229 Å². The third-order valence-corrected chi connectivity index (χ3v) is 7.66. The highest BCUT2D eigenvalue weighted by molar-refractivity contribution is 6.25. The summed E-state index contributed by atoms with van der Waals surface area (Å²) in [5, 5.41) is 49.4. The number of phenolic OH excluding ortho intramolecular Hbond substituents is 1. The zero-order chi connectivity index (χ0) is 31.5. The van der Waals surface area contributed by atoms with Crippen LogP contribution in [-0.4, -0.2) is 92.7 Å². The summed E-state index contributed by atoms with van der Waals surface area (Å²) in [5.74, 6) is -8.37. The molecule has 3 amide bonds. The largest absolute Gasteiger partial charge is 0.510 e. The van der Waals surface area contributed by atoms with E-state index in [1.54, 1.807) is 34.9 Å². The first-order valence-electron chi connectivity index (χ1n) is 13.2. The van der Waals surface area contributed by atoms with Gasteiger partial charge in [0.15, 0.2) is 17.1 Å². The number of anilines is 1. The summed E-state index contributed by atoms with van der Waals surface area (Å²) >= 11 is 0. The first-order chi connectivity index (χ1) is 19.4. The van der Waals surface area contributed by atoms with Gasteiger partial charge in [-0.2, -0.15) is 0 Å². The molecule has 0 saturated heterocycles. The number of rotatable bonds is 5. The van der Waals surface area contributed by atoms with Crippen LogP contribution in [0.15, 0.2) is 34.8 Å². The van der Waals surface area contributed by atoms with Gasteiger partial charge in [0, 0.05) is 11.5 Å². The smallest absolute Gasteiger partial charge is 0.408 e. The van der Waals surface area contributed by atoms with Gasteiger partial charge in [-0.25, -0.2) is 4.79 Å². The molecule has 4 rings (SSSR count). The number of amides is 3. The number of primary amides is 1. The Hall–Kier alpha value is -4.43. The SMILES string of the molecule is CN(C)C1C(O)=C(C(N)=O)C(=O)C2(O)C(O)=C3C(=O)c4c(ccc(NC(=O)CNC(=O)OC(C)(C)C)c4O)CC3CC12. The Bertz CT molecular complexity index is 1470. The van der Waals surface area contributed by atoms with Crippen molar-refractivity contribution in [2.24, 2.45) is 17.6 Å². The van der Waals surface area contributed by atoms with Crippen LogP contribution < -0.4 is 16.4 Å². The van der Waals surface area contributed by atoms with Crippen LogP contribution in [0, 0.1) is 11.8 Å². The van der Waals surface area contributed by atoms with Crippen LogP contribution in [0.4, 0.5) is 10.5 Å². The Morgan fingerprint density at radius 3 is 2.36 bits per heavy atom. The number of benzene rings is 1. The highest BCUT2D eigenvalue weighted by Gasteiger charge is 2.63. The molecule has 0 aromatic heterocycles. The number of carbonyl (C=O) groups is 5. The molecule has 42 heavy (non-hydrogen) atoms. The number of phenols is 1. The number of ketones is 2. The van der Waals surface area contributed by atoms with Crippen LogP contribution >= 0.6 is 0 Å². The molecule has 1 aromatic carbocycles. The Kier molecular flexibility index (Phi) is 7.59. The first-order valence-corrected chi connectivity index (χ1v) is 13.2. The number of Topliss-reactive ketones (excluding diaryl/α,β-unsaturated/α-hetero) is 2. The predicted octanol–water partition coefficient (Wildman–Crippen LogP) is 0.584. The van der Waals surface area contributed by atoms with E-state index in [2.05, 4.69) is 10.6 Å². The molecule has 3 aliphatic carbocycles. The van der Waals surface area contributed by atoms with E-state index in [9.17, 15) is 44.4 Å². The van der Waals surface area contributed by atoms with Crippen molar-refractivity contribution in [2.75, 3.05) is 26.0 Å². The van der Waals surface area contributed by atoms with E-state index in [0.717, 1.165) is 0 Å². The number of nitrogens with one attached hydrogen (secondary N) is 2. The normalized spacial score (nSPS) is 25.5. The zero-order valence-corrected chi connectivity index (χ0v) is 23.8. The summed E-state index contributed by atoms with van der Waals surface area (Å²) in [5.41, 5.74) is 0.558. The summed E-state index contributed by atoms with van der Waals surface area (Å²) in [6.45, 7) is 4.46. The number of nitrogens with zero attached hydrogens (tertiary/aromatic N) is 1. The molecule has 0 bridgehead atoms. The van der Waals surface area contributed by atoms with E-state index in [1.165, 1.54) is 17.0 Å². The van der Waals surface area contributed by atoms with E-state index in [1.807, 2.05) is 0 Å². The number of hydrogen-bond donors (Lipinski definition) is 7. The molecule has 0 aliphatic heterocycles. The van der Waals surface area contributed by atoms with Crippen LogP contribution in [0.2, 0.25) is 0 Å². The van der Waals surface area contributed by atoms with Crippen molar-refractivity contribution in [1.29, 1.82) is 0 Å². The lowest BCUT2D eigenvalue weighted by Gasteiger charge is -2.50. The van der Waals surface area contributed by atoms with Crippen LogP contribution in [0.3, 0.4) is 0 Å². The molecule has 3 aliphatic rings. The number of nitrogens with two attached hydrogens (primary N) is 1. The zero-order valence-electron chi connectivity index (χ0n) is 23.8. The second-order valence-corrected chi connectivity index (χ2v) is 11.9. The van der Waals surface area contributed by atoms with Crippen molar-refractivity contribution in [1.82, 2.24) is 10.2 Å². The number of ether oxygens (including phenoxy) is 1. The van der Waals surface area contributed by atoms with Gasteiger partial charge in [0.05, 0.1) is 17.3 Å². The third kappa shape index (κ3) is 4.96. The van der Waals surface area contributed by atoms with Gasteiger partial charge in [0.1, 0.15) is 29.2 Å². The van der Waals surface area contributed by atoms with E-state index in [0.29, 0.717) is 5.56 Å². The van der Waals surface area contributed by atoms with Crippen LogP contribution in [-0.2, 0) is 25.5 Å². The van der Waals surface area contributed by atoms with Gasteiger partial charge in [-0.15, -0.1) is 0 Å². The molecule has 0 heterocycles. The minimum atomic E-state index is -2.75. The molecule has 14 heteroatoms. The number of hydrogen-bond acceptors (Lipinski definition) is 11. The van der Waals surface area contributed by atoms with Crippen LogP contribution in [0.25, 0.3) is 0 Å². The molecule has 0 radical (unpaired) electrons. The molecule has 8 N–H and O–H groups in total. The Morgan fingerprint density at radius 1 is 1.14 bits per heavy atom. The number of likely N-dealkylation sites (N-methyl/N-ethyl adjacent to an activating group) is 1. The van der Waals surface area contributed by atoms with Crippen LogP contribution in [0.5, 0.6) is 5.75 Å². The van der Waals surface area contributed by atoms with Gasteiger partial charge < -0.3 is 41.5 Å². The molecule has 14 nitrogen and oxygen atoms in total. The molecule has 4 unspecified atom stereocenters. The molecule has 0 fully saturated rings. The van der Waals surface area contributed by atoms with Gasteiger partial charge in [-0.05, 0) is 65.3 Å². The molecule has 1 aromatic rings. The minimum Gasteiger partial charge on any atom is -0.510 e. The van der Waals surface area contributed by atoms with Gasteiger partial charge in [0.2, 0.25) is 11.7 Å². The second-order valence-electron chi connectivity index (χ2n) is 11.9. The fourth-order valence-corrected chi connectivity index (χ4v) is 5.99. The lowest BCUT2D eigenvalue weighted by Crippen LogP contribution is -2.63. The Balaban J connectivity index is 1.69. The maximum Gasteiger partial charge on any atom is 0.408 e. The monoisotopic (exact) mass is 586 g/mol. The predicted molar refractivity (Wildman–Crippen MR) is 147 cm³/mol. The van der Waals surface area contributed by atoms with Crippen molar-refractivity contribution in [2.45, 2.75) is 50.9 Å². The summed E-state index contributed by atoms with van der Waals surface area (Å²) in [7, 11) is 3.09. The average molecular weight is 587 g/mol. The summed E-state index contributed by atoms with van der Waals surface area (Å²) < 4.78 is 5.07. The van der Waals surface area contributed by atoms with E-state index >= 15 is 0 Å². The summed E-state index contributed by atoms with van der Waals surface area (Å²) in [6, 6.07) is 1.80. The summed E-state index contributed by atoms with van der Waals surface area (Å²) in [6.07, 6.45) is -0.765.